The maximum absolute atomic E-state index is 11.7. The molecule has 23 heavy (non-hydrogen) atoms. The van der Waals surface area contributed by atoms with Crippen LogP contribution in [0.2, 0.25) is 0 Å². The molecule has 0 aromatic heterocycles. The van der Waals surface area contributed by atoms with Crippen molar-refractivity contribution in [2.75, 3.05) is 11.9 Å². The lowest BCUT2D eigenvalue weighted by Gasteiger charge is -2.14. The van der Waals surface area contributed by atoms with Gasteiger partial charge in [-0.3, -0.25) is 4.79 Å². The van der Waals surface area contributed by atoms with Crippen molar-refractivity contribution < 1.29 is 9.53 Å². The minimum absolute atomic E-state index is 0.0480. The Balaban J connectivity index is 2.22. The van der Waals surface area contributed by atoms with Crippen LogP contribution >= 0.6 is 0 Å². The van der Waals surface area contributed by atoms with Crippen LogP contribution < -0.4 is 10.1 Å². The summed E-state index contributed by atoms with van der Waals surface area (Å²) in [6, 6.07) is 14.7. The molecular weight excluding hydrogens is 288 g/mol. The lowest BCUT2D eigenvalue weighted by atomic mass is 10.1. The van der Waals surface area contributed by atoms with Crippen LogP contribution in [0.4, 0.5) is 5.69 Å². The zero-order valence-corrected chi connectivity index (χ0v) is 13.0. The maximum atomic E-state index is 11.7. The molecule has 2 aromatic carbocycles. The molecule has 0 aliphatic heterocycles. The van der Waals surface area contributed by atoms with Crippen molar-refractivity contribution in [1.82, 2.24) is 0 Å². The number of para-hydroxylation sites is 1. The predicted molar refractivity (Wildman–Crippen MR) is 90.6 cm³/mol. The number of nitriles is 1. The van der Waals surface area contributed by atoms with Gasteiger partial charge in [-0.15, -0.1) is 0 Å². The summed E-state index contributed by atoms with van der Waals surface area (Å²) in [5, 5.41) is 12.3. The van der Waals surface area contributed by atoms with Crippen LogP contribution in [0, 0.1) is 11.3 Å². The Morgan fingerprint density at radius 3 is 2.83 bits per heavy atom. The minimum atomic E-state index is -0.0480. The van der Waals surface area contributed by atoms with Gasteiger partial charge in [0.1, 0.15) is 12.4 Å². The molecule has 0 aliphatic rings. The summed E-state index contributed by atoms with van der Waals surface area (Å²) in [6.45, 7) is 6.07. The lowest BCUT2D eigenvalue weighted by molar-refractivity contribution is 0.101. The summed E-state index contributed by atoms with van der Waals surface area (Å²) >= 11 is 0. The van der Waals surface area contributed by atoms with Crippen molar-refractivity contribution in [3.8, 4) is 11.8 Å². The summed E-state index contributed by atoms with van der Waals surface area (Å²) in [6.07, 6.45) is 1.69. The number of ether oxygens (including phenoxy) is 1. The standard InChI is InChI=1S/C19H18N2O2/c1-3-10-23-19-7-5-4-6-16(19)13-21-18-11-15(12-20)8-9-17(18)14(2)22/h3-9,11,21H,1,10,13H2,2H3. The van der Waals surface area contributed by atoms with Gasteiger partial charge < -0.3 is 10.1 Å². The van der Waals surface area contributed by atoms with Crippen molar-refractivity contribution in [3.63, 3.8) is 0 Å². The molecule has 0 heterocycles. The SMILES string of the molecule is C=CCOc1ccccc1CNc1cc(C#N)ccc1C(C)=O. The fraction of sp³-hybridized carbons (Fsp3) is 0.158. The van der Waals surface area contributed by atoms with Crippen LogP contribution in [-0.2, 0) is 6.54 Å². The second-order valence-corrected chi connectivity index (χ2v) is 4.99. The number of ketones is 1. The van der Waals surface area contributed by atoms with Gasteiger partial charge in [0.2, 0.25) is 0 Å². The number of carbonyl (C=O) groups excluding carboxylic acids is 1. The van der Waals surface area contributed by atoms with E-state index in [4.69, 9.17) is 10.00 Å². The van der Waals surface area contributed by atoms with Crippen LogP contribution in [0.1, 0.15) is 28.4 Å². The van der Waals surface area contributed by atoms with Crippen molar-refractivity contribution in [2.45, 2.75) is 13.5 Å². The number of carbonyl (C=O) groups is 1. The predicted octanol–water partition coefficient (Wildman–Crippen LogP) is 3.94. The Morgan fingerprint density at radius 1 is 1.35 bits per heavy atom. The Morgan fingerprint density at radius 2 is 2.13 bits per heavy atom. The number of hydrogen-bond acceptors (Lipinski definition) is 4. The Hall–Kier alpha value is -3.06. The molecule has 0 radical (unpaired) electrons. The second kappa shape index (κ2) is 7.81. The van der Waals surface area contributed by atoms with E-state index in [0.717, 1.165) is 11.3 Å². The van der Waals surface area contributed by atoms with Gasteiger partial charge in [-0.05, 0) is 31.2 Å². The first-order valence-corrected chi connectivity index (χ1v) is 7.26. The molecule has 0 spiro atoms. The highest BCUT2D eigenvalue weighted by Gasteiger charge is 2.09. The summed E-state index contributed by atoms with van der Waals surface area (Å²) in [7, 11) is 0. The monoisotopic (exact) mass is 306 g/mol. The number of rotatable bonds is 7. The van der Waals surface area contributed by atoms with Gasteiger partial charge in [0.25, 0.3) is 0 Å². The summed E-state index contributed by atoms with van der Waals surface area (Å²) in [5.41, 5.74) is 2.68. The van der Waals surface area contributed by atoms with Crippen LogP contribution in [-0.4, -0.2) is 12.4 Å². The van der Waals surface area contributed by atoms with Gasteiger partial charge in [-0.1, -0.05) is 30.9 Å². The van der Waals surface area contributed by atoms with Crippen LogP contribution in [0.5, 0.6) is 5.75 Å². The third kappa shape index (κ3) is 4.21. The topological polar surface area (TPSA) is 62.1 Å². The molecular formula is C19H18N2O2. The maximum Gasteiger partial charge on any atom is 0.161 e. The van der Waals surface area contributed by atoms with Crippen LogP contribution in [0.3, 0.4) is 0 Å². The molecule has 4 nitrogen and oxygen atoms in total. The van der Waals surface area contributed by atoms with Gasteiger partial charge in [0.15, 0.2) is 5.78 Å². The molecule has 0 saturated heterocycles. The van der Waals surface area contributed by atoms with E-state index in [0.29, 0.717) is 30.0 Å². The molecule has 0 bridgehead atoms. The van der Waals surface area contributed by atoms with Crippen LogP contribution in [0.25, 0.3) is 0 Å². The normalized spacial score (nSPS) is 9.74. The minimum Gasteiger partial charge on any atom is -0.489 e. The number of Topliss-reactive ketones (excluding diaryl/α,β-unsaturated/α-hetero) is 1. The first-order valence-electron chi connectivity index (χ1n) is 7.26. The average Bonchev–Trinajstić information content (AvgIpc) is 2.58. The fourth-order valence-corrected chi connectivity index (χ4v) is 2.20. The number of anilines is 1. The molecule has 2 aromatic rings. The molecule has 0 saturated carbocycles. The smallest absolute Gasteiger partial charge is 0.161 e. The van der Waals surface area contributed by atoms with Crippen molar-refractivity contribution in [3.05, 3.63) is 71.8 Å². The van der Waals surface area contributed by atoms with Crippen molar-refractivity contribution in [2.24, 2.45) is 0 Å². The fourth-order valence-electron chi connectivity index (χ4n) is 2.20. The van der Waals surface area contributed by atoms with E-state index in [-0.39, 0.29) is 5.78 Å². The summed E-state index contributed by atoms with van der Waals surface area (Å²) in [4.78, 5) is 11.7. The van der Waals surface area contributed by atoms with E-state index in [2.05, 4.69) is 18.0 Å². The van der Waals surface area contributed by atoms with E-state index in [1.165, 1.54) is 6.92 Å². The van der Waals surface area contributed by atoms with E-state index < -0.39 is 0 Å². The highest BCUT2D eigenvalue weighted by molar-refractivity contribution is 5.99. The third-order valence-electron chi connectivity index (χ3n) is 3.33. The van der Waals surface area contributed by atoms with Gasteiger partial charge >= 0.3 is 0 Å². The molecule has 0 atom stereocenters. The van der Waals surface area contributed by atoms with E-state index in [1.807, 2.05) is 24.3 Å². The second-order valence-electron chi connectivity index (χ2n) is 4.99. The van der Waals surface area contributed by atoms with Gasteiger partial charge in [-0.2, -0.15) is 5.26 Å². The summed E-state index contributed by atoms with van der Waals surface area (Å²) in [5.74, 6) is 0.717. The quantitative estimate of drug-likeness (QED) is 0.621. The third-order valence-corrected chi connectivity index (χ3v) is 3.33. The molecule has 0 aliphatic carbocycles. The molecule has 0 amide bonds. The first-order chi connectivity index (χ1) is 11.2. The first kappa shape index (κ1) is 16.3. The van der Waals surface area contributed by atoms with E-state index in [9.17, 15) is 4.79 Å². The molecule has 0 fully saturated rings. The number of nitrogens with zero attached hydrogens (tertiary/aromatic N) is 1. The molecule has 1 N–H and O–H groups in total. The zero-order chi connectivity index (χ0) is 16.7. The Bertz CT molecular complexity index is 760. The lowest BCUT2D eigenvalue weighted by Crippen LogP contribution is -2.07. The molecule has 2 rings (SSSR count). The van der Waals surface area contributed by atoms with Crippen LogP contribution in [0.15, 0.2) is 55.1 Å². The molecule has 0 unspecified atom stereocenters. The Kier molecular flexibility index (Phi) is 5.54. The largest absolute Gasteiger partial charge is 0.489 e. The summed E-state index contributed by atoms with van der Waals surface area (Å²) < 4.78 is 5.62. The highest BCUT2D eigenvalue weighted by Crippen LogP contribution is 2.22. The average molecular weight is 306 g/mol. The van der Waals surface area contributed by atoms with Crippen molar-refractivity contribution >= 4 is 11.5 Å². The Labute approximate surface area is 136 Å². The molecule has 116 valence electrons. The van der Waals surface area contributed by atoms with E-state index in [1.54, 1.807) is 24.3 Å². The zero-order valence-electron chi connectivity index (χ0n) is 13.0. The molecule has 4 heteroatoms. The number of nitrogens with one attached hydrogen (secondary N) is 1. The number of benzene rings is 2. The highest BCUT2D eigenvalue weighted by atomic mass is 16.5. The van der Waals surface area contributed by atoms with Gasteiger partial charge in [0, 0.05) is 23.4 Å². The number of hydrogen-bond donors (Lipinski definition) is 1. The van der Waals surface area contributed by atoms with Gasteiger partial charge in [0.05, 0.1) is 11.6 Å². The van der Waals surface area contributed by atoms with Gasteiger partial charge in [-0.25, -0.2) is 0 Å². The van der Waals surface area contributed by atoms with E-state index >= 15 is 0 Å². The van der Waals surface area contributed by atoms with Crippen molar-refractivity contribution in [1.29, 1.82) is 5.26 Å².